The van der Waals surface area contributed by atoms with Crippen LogP contribution in [0.5, 0.6) is 0 Å². The van der Waals surface area contributed by atoms with Crippen molar-refractivity contribution in [2.24, 2.45) is 0 Å². The number of halogens is 3. The summed E-state index contributed by atoms with van der Waals surface area (Å²) >= 11 is 0. The Balaban J connectivity index is 1.34. The molecule has 0 bridgehead atoms. The molecule has 39 heavy (non-hydrogen) atoms. The number of imidazole rings is 1. The number of anilines is 2. The van der Waals surface area contributed by atoms with Gasteiger partial charge in [-0.25, -0.2) is 9.97 Å². The minimum atomic E-state index is -4.53. The van der Waals surface area contributed by atoms with Crippen LogP contribution >= 0.6 is 0 Å². The van der Waals surface area contributed by atoms with Gasteiger partial charge in [-0.3, -0.25) is 9.36 Å². The number of aryl methyl sites for hydroxylation is 1. The summed E-state index contributed by atoms with van der Waals surface area (Å²) in [7, 11) is 3.86. The summed E-state index contributed by atoms with van der Waals surface area (Å²) in [5.74, 6) is -0.382. The highest BCUT2D eigenvalue weighted by atomic mass is 19.4. The average Bonchev–Trinajstić information content (AvgIpc) is 3.33. The molecule has 204 valence electrons. The fraction of sp³-hybridized carbons (Fsp3) is 0.345. The average molecular weight is 537 g/mol. The summed E-state index contributed by atoms with van der Waals surface area (Å²) in [6.07, 6.45) is 0.646. The molecule has 1 amide bonds. The number of hydrogen-bond donors (Lipinski definition) is 1. The van der Waals surface area contributed by atoms with Gasteiger partial charge in [-0.05, 0) is 93.5 Å². The molecule has 1 fully saturated rings. The minimum Gasteiger partial charge on any atom is -0.371 e. The van der Waals surface area contributed by atoms with Crippen LogP contribution in [0.25, 0.3) is 16.9 Å². The van der Waals surface area contributed by atoms with Crippen molar-refractivity contribution in [3.05, 3.63) is 77.7 Å². The number of likely N-dealkylation sites (tertiary alicyclic amines) is 1. The van der Waals surface area contributed by atoms with Crippen LogP contribution in [0.1, 0.15) is 29.5 Å². The van der Waals surface area contributed by atoms with Gasteiger partial charge in [-0.15, -0.1) is 0 Å². The van der Waals surface area contributed by atoms with Gasteiger partial charge < -0.3 is 15.1 Å². The number of piperidine rings is 1. The summed E-state index contributed by atoms with van der Waals surface area (Å²) in [4.78, 5) is 25.8. The van der Waals surface area contributed by atoms with Gasteiger partial charge in [0, 0.05) is 36.3 Å². The Bertz CT molecular complexity index is 1490. The number of nitrogens with zero attached hydrogens (tertiary/aromatic N) is 5. The maximum atomic E-state index is 13.7. The third-order valence-electron chi connectivity index (χ3n) is 7.43. The molecule has 0 radical (unpaired) electrons. The first kappa shape index (κ1) is 26.7. The first-order chi connectivity index (χ1) is 18.6. The molecule has 1 N–H and O–H groups in total. The van der Waals surface area contributed by atoms with Gasteiger partial charge in [0.25, 0.3) is 0 Å². The van der Waals surface area contributed by atoms with Crippen molar-refractivity contribution in [1.29, 1.82) is 0 Å². The van der Waals surface area contributed by atoms with Gasteiger partial charge in [-0.1, -0.05) is 6.07 Å². The molecule has 0 spiro atoms. The molecule has 5 rings (SSSR count). The van der Waals surface area contributed by atoms with Crippen molar-refractivity contribution in [2.45, 2.75) is 38.4 Å². The smallest absolute Gasteiger partial charge is 0.371 e. The molecule has 2 aromatic carbocycles. The molecule has 0 unspecified atom stereocenters. The van der Waals surface area contributed by atoms with E-state index in [0.717, 1.165) is 66.0 Å². The maximum absolute atomic E-state index is 13.7. The van der Waals surface area contributed by atoms with Crippen molar-refractivity contribution < 1.29 is 18.0 Å². The van der Waals surface area contributed by atoms with E-state index < -0.39 is 11.7 Å². The molecule has 1 aliphatic rings. The number of hydrogen-bond acceptors (Lipinski definition) is 5. The number of nitrogens with one attached hydrogen (secondary N) is 1. The van der Waals surface area contributed by atoms with E-state index in [9.17, 15) is 18.0 Å². The summed E-state index contributed by atoms with van der Waals surface area (Å²) in [5, 5.41) is 2.70. The number of carbonyl (C=O) groups is 1. The Morgan fingerprint density at radius 1 is 1.10 bits per heavy atom. The van der Waals surface area contributed by atoms with Crippen LogP contribution in [0.15, 0.2) is 61.1 Å². The third kappa shape index (κ3) is 5.90. The largest absolute Gasteiger partial charge is 0.416 e. The fourth-order valence-electron chi connectivity index (χ4n) is 5.09. The SMILES string of the molecule is Cc1cc(-n2cnc3cccnc32)ccc1CC(=O)Nc1cc(N(C)C2CCN(C)CC2)cc(C(F)(F)F)c1. The van der Waals surface area contributed by atoms with Crippen molar-refractivity contribution in [3.63, 3.8) is 0 Å². The highest BCUT2D eigenvalue weighted by Crippen LogP contribution is 2.35. The zero-order valence-electron chi connectivity index (χ0n) is 22.2. The highest BCUT2D eigenvalue weighted by Gasteiger charge is 2.32. The van der Waals surface area contributed by atoms with E-state index in [1.54, 1.807) is 18.6 Å². The van der Waals surface area contributed by atoms with Crippen LogP contribution in [0.3, 0.4) is 0 Å². The lowest BCUT2D eigenvalue weighted by Crippen LogP contribution is -2.42. The summed E-state index contributed by atoms with van der Waals surface area (Å²) in [5.41, 5.74) is 3.82. The monoisotopic (exact) mass is 536 g/mol. The molecule has 2 aromatic heterocycles. The number of alkyl halides is 3. The van der Waals surface area contributed by atoms with E-state index in [2.05, 4.69) is 20.2 Å². The van der Waals surface area contributed by atoms with Gasteiger partial charge in [-0.2, -0.15) is 13.2 Å². The lowest BCUT2D eigenvalue weighted by molar-refractivity contribution is -0.137. The molecule has 0 aliphatic carbocycles. The van der Waals surface area contributed by atoms with Crippen molar-refractivity contribution >= 4 is 28.4 Å². The molecular weight excluding hydrogens is 505 g/mol. The molecule has 10 heteroatoms. The van der Waals surface area contributed by atoms with Crippen LogP contribution in [0, 0.1) is 6.92 Å². The van der Waals surface area contributed by atoms with E-state index in [0.29, 0.717) is 5.69 Å². The second kappa shape index (κ2) is 10.7. The Labute approximate surface area is 225 Å². The number of rotatable bonds is 6. The van der Waals surface area contributed by atoms with Gasteiger partial charge in [0.05, 0.1) is 12.0 Å². The molecule has 3 heterocycles. The second-order valence-corrected chi connectivity index (χ2v) is 10.2. The van der Waals surface area contributed by atoms with Crippen LogP contribution in [-0.4, -0.2) is 58.6 Å². The molecule has 0 saturated carbocycles. The van der Waals surface area contributed by atoms with E-state index in [-0.39, 0.29) is 24.1 Å². The first-order valence-corrected chi connectivity index (χ1v) is 12.9. The quantitative estimate of drug-likeness (QED) is 0.355. The number of aromatic nitrogens is 3. The van der Waals surface area contributed by atoms with Gasteiger partial charge in [0.15, 0.2) is 5.65 Å². The topological polar surface area (TPSA) is 66.3 Å². The standard InChI is InChI=1S/C29H31F3N6O/c1-19-13-24(38-18-34-26-5-4-10-33-28(26)38)7-6-20(19)14-27(39)35-22-15-21(29(30,31)32)16-25(17-22)37(3)23-8-11-36(2)12-9-23/h4-7,10,13,15-18,23H,8-9,11-12,14H2,1-3H3,(H,35,39). The molecule has 1 saturated heterocycles. The Hall–Kier alpha value is -3.92. The number of amides is 1. The zero-order valence-corrected chi connectivity index (χ0v) is 22.2. The highest BCUT2D eigenvalue weighted by molar-refractivity contribution is 5.93. The molecule has 4 aromatic rings. The predicted octanol–water partition coefficient (Wildman–Crippen LogP) is 5.46. The van der Waals surface area contributed by atoms with Crippen molar-refractivity contribution in [2.75, 3.05) is 37.4 Å². The van der Waals surface area contributed by atoms with Gasteiger partial charge in [0.2, 0.25) is 5.91 Å². The van der Waals surface area contributed by atoms with Crippen molar-refractivity contribution in [3.8, 4) is 5.69 Å². The van der Waals surface area contributed by atoms with E-state index >= 15 is 0 Å². The minimum absolute atomic E-state index is 0.0332. The number of fused-ring (bicyclic) bond motifs is 1. The van der Waals surface area contributed by atoms with Crippen LogP contribution in [0.2, 0.25) is 0 Å². The lowest BCUT2D eigenvalue weighted by atomic mass is 10.0. The Morgan fingerprint density at radius 3 is 2.59 bits per heavy atom. The normalized spacial score (nSPS) is 15.0. The molecule has 7 nitrogen and oxygen atoms in total. The second-order valence-electron chi connectivity index (χ2n) is 10.2. The van der Waals surface area contributed by atoms with E-state index in [4.69, 9.17) is 0 Å². The molecular formula is C29H31F3N6O. The summed E-state index contributed by atoms with van der Waals surface area (Å²) in [6, 6.07) is 13.3. The van der Waals surface area contributed by atoms with E-state index in [1.807, 2.05) is 60.8 Å². The number of carbonyl (C=O) groups excluding carboxylic acids is 1. The lowest BCUT2D eigenvalue weighted by Gasteiger charge is -2.36. The van der Waals surface area contributed by atoms with Crippen LogP contribution in [0.4, 0.5) is 24.5 Å². The number of benzene rings is 2. The van der Waals surface area contributed by atoms with Crippen LogP contribution in [-0.2, 0) is 17.4 Å². The number of pyridine rings is 1. The van der Waals surface area contributed by atoms with Crippen LogP contribution < -0.4 is 10.2 Å². The summed E-state index contributed by atoms with van der Waals surface area (Å²) in [6.45, 7) is 3.68. The Morgan fingerprint density at radius 2 is 1.87 bits per heavy atom. The van der Waals surface area contributed by atoms with Crippen molar-refractivity contribution in [1.82, 2.24) is 19.4 Å². The zero-order chi connectivity index (χ0) is 27.7. The fourth-order valence-corrected chi connectivity index (χ4v) is 5.09. The van der Waals surface area contributed by atoms with Gasteiger partial charge in [0.1, 0.15) is 11.8 Å². The van der Waals surface area contributed by atoms with E-state index in [1.165, 1.54) is 0 Å². The maximum Gasteiger partial charge on any atom is 0.416 e. The Kier molecular flexibility index (Phi) is 7.31. The molecule has 1 aliphatic heterocycles. The third-order valence-corrected chi connectivity index (χ3v) is 7.43. The predicted molar refractivity (Wildman–Crippen MR) is 146 cm³/mol. The molecule has 0 atom stereocenters. The first-order valence-electron chi connectivity index (χ1n) is 12.9. The van der Waals surface area contributed by atoms with Gasteiger partial charge >= 0.3 is 6.18 Å². The summed E-state index contributed by atoms with van der Waals surface area (Å²) < 4.78 is 43.1.